The summed E-state index contributed by atoms with van der Waals surface area (Å²) in [6.45, 7) is 1.85. The molecule has 33 heavy (non-hydrogen) atoms. The molecule has 0 bridgehead atoms. The fourth-order valence-corrected chi connectivity index (χ4v) is 4.27. The van der Waals surface area contributed by atoms with E-state index in [1.165, 1.54) is 42.5 Å². The minimum Gasteiger partial charge on any atom is -0.507 e. The maximum absolute atomic E-state index is 14.8. The number of aliphatic hydroxyl groups is 1. The number of hydrogen-bond acceptors (Lipinski definition) is 5. The summed E-state index contributed by atoms with van der Waals surface area (Å²) in [6.07, 6.45) is 0. The van der Waals surface area contributed by atoms with Gasteiger partial charge in [0.15, 0.2) is 0 Å². The topological polar surface area (TPSA) is 118 Å². The van der Waals surface area contributed by atoms with E-state index in [2.05, 4.69) is 0 Å². The Morgan fingerprint density at radius 2 is 1.58 bits per heavy atom. The number of sulfonamides is 1. The summed E-state index contributed by atoms with van der Waals surface area (Å²) in [7, 11) is -3.98. The van der Waals surface area contributed by atoms with Gasteiger partial charge in [0.25, 0.3) is 11.7 Å². The van der Waals surface area contributed by atoms with E-state index in [-0.39, 0.29) is 21.7 Å². The van der Waals surface area contributed by atoms with Crippen LogP contribution in [0.5, 0.6) is 0 Å². The number of primary sulfonamides is 1. The van der Waals surface area contributed by atoms with E-state index in [0.29, 0.717) is 5.56 Å². The molecular weight excluding hydrogens is 447 g/mol. The zero-order valence-corrected chi connectivity index (χ0v) is 18.2. The van der Waals surface area contributed by atoms with Crippen molar-refractivity contribution in [1.82, 2.24) is 0 Å². The minimum atomic E-state index is -3.98. The third-order valence-corrected chi connectivity index (χ3v) is 6.34. The summed E-state index contributed by atoms with van der Waals surface area (Å²) in [4.78, 5) is 26.9. The zero-order chi connectivity index (χ0) is 23.9. The second-order valence-corrected chi connectivity index (χ2v) is 9.16. The predicted molar refractivity (Wildman–Crippen MR) is 120 cm³/mol. The van der Waals surface area contributed by atoms with E-state index in [9.17, 15) is 27.5 Å². The van der Waals surface area contributed by atoms with Gasteiger partial charge in [0.05, 0.1) is 16.5 Å². The lowest BCUT2D eigenvalue weighted by Gasteiger charge is -2.25. The summed E-state index contributed by atoms with van der Waals surface area (Å²) < 4.78 is 38.0. The molecule has 168 valence electrons. The maximum atomic E-state index is 14.8. The molecule has 0 saturated carbocycles. The SMILES string of the molecule is Cc1ccc(/C(O)=C2\C(=O)C(=O)N(c3ccc(S(N)(=O)=O)cc3)[C@@H]2c2ccccc2F)cc1. The first-order valence-electron chi connectivity index (χ1n) is 9.85. The second kappa shape index (κ2) is 8.27. The van der Waals surface area contributed by atoms with Crippen molar-refractivity contribution in [2.24, 2.45) is 5.14 Å². The number of aryl methyl sites for hydroxylation is 1. The van der Waals surface area contributed by atoms with E-state index >= 15 is 0 Å². The number of amides is 1. The molecule has 4 rings (SSSR count). The van der Waals surface area contributed by atoms with E-state index in [1.807, 2.05) is 6.92 Å². The van der Waals surface area contributed by atoms with Gasteiger partial charge in [-0.25, -0.2) is 17.9 Å². The van der Waals surface area contributed by atoms with E-state index in [0.717, 1.165) is 10.5 Å². The molecule has 0 aliphatic carbocycles. The molecule has 1 amide bonds. The van der Waals surface area contributed by atoms with Crippen LogP contribution in [0.1, 0.15) is 22.7 Å². The highest BCUT2D eigenvalue weighted by Gasteiger charge is 2.47. The molecule has 0 spiro atoms. The van der Waals surface area contributed by atoms with Gasteiger partial charge < -0.3 is 5.11 Å². The Hall–Kier alpha value is -3.82. The van der Waals surface area contributed by atoms with Crippen molar-refractivity contribution in [2.45, 2.75) is 17.9 Å². The number of halogens is 1. The van der Waals surface area contributed by atoms with Crippen molar-refractivity contribution in [3.05, 3.63) is 101 Å². The van der Waals surface area contributed by atoms with Crippen molar-refractivity contribution in [1.29, 1.82) is 0 Å². The van der Waals surface area contributed by atoms with Crippen LogP contribution in [0.25, 0.3) is 5.76 Å². The molecule has 3 aromatic rings. The lowest BCUT2D eigenvalue weighted by Crippen LogP contribution is -2.30. The van der Waals surface area contributed by atoms with Crippen LogP contribution >= 0.6 is 0 Å². The lowest BCUT2D eigenvalue weighted by molar-refractivity contribution is -0.132. The molecule has 1 saturated heterocycles. The van der Waals surface area contributed by atoms with Crippen molar-refractivity contribution >= 4 is 33.2 Å². The van der Waals surface area contributed by atoms with Gasteiger partial charge in [-0.1, -0.05) is 48.0 Å². The molecule has 0 unspecified atom stereocenters. The summed E-state index contributed by atoms with van der Waals surface area (Å²) in [5.41, 5.74) is 1.09. The van der Waals surface area contributed by atoms with Gasteiger partial charge in [0.2, 0.25) is 10.0 Å². The second-order valence-electron chi connectivity index (χ2n) is 7.60. The van der Waals surface area contributed by atoms with E-state index in [4.69, 9.17) is 5.14 Å². The van der Waals surface area contributed by atoms with Crippen molar-refractivity contribution in [3.63, 3.8) is 0 Å². The Bertz CT molecular complexity index is 1400. The molecular formula is C24H19FN2O5S. The Kier molecular flexibility index (Phi) is 5.61. The first-order chi connectivity index (χ1) is 15.6. The number of nitrogens with two attached hydrogens (primary N) is 1. The Morgan fingerprint density at radius 3 is 2.15 bits per heavy atom. The van der Waals surface area contributed by atoms with Gasteiger partial charge in [-0.05, 0) is 37.3 Å². The molecule has 1 atom stereocenters. The number of benzene rings is 3. The quantitative estimate of drug-likeness (QED) is 0.347. The highest BCUT2D eigenvalue weighted by molar-refractivity contribution is 7.89. The van der Waals surface area contributed by atoms with Crippen LogP contribution in [0.2, 0.25) is 0 Å². The van der Waals surface area contributed by atoms with Gasteiger partial charge in [-0.2, -0.15) is 0 Å². The fraction of sp³-hybridized carbons (Fsp3) is 0.0833. The van der Waals surface area contributed by atoms with Crippen molar-refractivity contribution < 1.29 is 27.5 Å². The average Bonchev–Trinajstić information content (AvgIpc) is 3.04. The van der Waals surface area contributed by atoms with Gasteiger partial charge in [-0.15, -0.1) is 0 Å². The average molecular weight is 466 g/mol. The number of anilines is 1. The first kappa shape index (κ1) is 22.4. The summed E-state index contributed by atoms with van der Waals surface area (Å²) >= 11 is 0. The summed E-state index contributed by atoms with van der Waals surface area (Å²) in [5, 5.41) is 16.1. The van der Waals surface area contributed by atoms with Gasteiger partial charge in [0, 0.05) is 16.8 Å². The molecule has 0 radical (unpaired) electrons. The Labute approximate surface area is 189 Å². The lowest BCUT2D eigenvalue weighted by atomic mass is 9.94. The van der Waals surface area contributed by atoms with Crippen LogP contribution < -0.4 is 10.0 Å². The fourth-order valence-electron chi connectivity index (χ4n) is 3.75. The van der Waals surface area contributed by atoms with Gasteiger partial charge in [-0.3, -0.25) is 14.5 Å². The molecule has 1 aliphatic heterocycles. The molecule has 1 fully saturated rings. The number of carbonyl (C=O) groups is 2. The molecule has 7 nitrogen and oxygen atoms in total. The molecule has 1 aliphatic rings. The van der Waals surface area contributed by atoms with Crippen LogP contribution in [0.15, 0.2) is 83.3 Å². The maximum Gasteiger partial charge on any atom is 0.300 e. The Morgan fingerprint density at radius 1 is 0.970 bits per heavy atom. The monoisotopic (exact) mass is 466 g/mol. The number of hydrogen-bond donors (Lipinski definition) is 2. The number of carbonyl (C=O) groups excluding carboxylic acids is 2. The normalized spacial score (nSPS) is 18.0. The number of ketones is 1. The highest BCUT2D eigenvalue weighted by atomic mass is 32.2. The van der Waals surface area contributed by atoms with E-state index in [1.54, 1.807) is 30.3 Å². The van der Waals surface area contributed by atoms with Crippen LogP contribution in [0, 0.1) is 12.7 Å². The number of nitrogens with zero attached hydrogens (tertiary/aromatic N) is 1. The Balaban J connectivity index is 1.94. The zero-order valence-electron chi connectivity index (χ0n) is 17.4. The highest BCUT2D eigenvalue weighted by Crippen LogP contribution is 2.43. The first-order valence-corrected chi connectivity index (χ1v) is 11.4. The van der Waals surface area contributed by atoms with Gasteiger partial charge >= 0.3 is 0 Å². The molecule has 3 N–H and O–H groups in total. The summed E-state index contributed by atoms with van der Waals surface area (Å²) in [6, 6.07) is 16.0. The number of rotatable bonds is 4. The van der Waals surface area contributed by atoms with E-state index < -0.39 is 39.3 Å². The number of Topliss-reactive ketones (excluding diaryl/α,β-unsaturated/α-hetero) is 1. The van der Waals surface area contributed by atoms with Crippen LogP contribution in [-0.4, -0.2) is 25.2 Å². The smallest absolute Gasteiger partial charge is 0.300 e. The van der Waals surface area contributed by atoms with Crippen molar-refractivity contribution in [3.8, 4) is 0 Å². The molecule has 1 heterocycles. The third kappa shape index (κ3) is 4.04. The van der Waals surface area contributed by atoms with Crippen LogP contribution in [0.4, 0.5) is 10.1 Å². The minimum absolute atomic E-state index is 0.000819. The van der Waals surface area contributed by atoms with Crippen molar-refractivity contribution in [2.75, 3.05) is 4.90 Å². The third-order valence-electron chi connectivity index (χ3n) is 5.41. The molecule has 0 aromatic heterocycles. The van der Waals surface area contributed by atoms with Crippen LogP contribution in [0.3, 0.4) is 0 Å². The summed E-state index contributed by atoms with van der Waals surface area (Å²) in [5.74, 6) is -3.09. The van der Waals surface area contributed by atoms with Gasteiger partial charge in [0.1, 0.15) is 11.6 Å². The predicted octanol–water partition coefficient (Wildman–Crippen LogP) is 3.41. The standard InChI is InChI=1S/C24H19FN2O5S/c1-14-6-8-15(9-7-14)22(28)20-21(18-4-2-3-5-19(18)25)27(24(30)23(20)29)16-10-12-17(13-11-16)33(26,31)32/h2-13,21,28H,1H3,(H2,26,31,32)/b22-20+/t21-/m1/s1. The van der Waals surface area contributed by atoms with Crippen LogP contribution in [-0.2, 0) is 19.6 Å². The number of aliphatic hydroxyl groups excluding tert-OH is 1. The molecule has 9 heteroatoms. The largest absolute Gasteiger partial charge is 0.507 e. The molecule has 3 aromatic carbocycles.